The molecule has 7 nitrogen and oxygen atoms in total. The number of hydrogen-bond donors (Lipinski definition) is 1. The van der Waals surface area contributed by atoms with Crippen molar-refractivity contribution in [3.8, 4) is 23.0 Å². The van der Waals surface area contributed by atoms with Crippen LogP contribution in [0.3, 0.4) is 0 Å². The van der Waals surface area contributed by atoms with Crippen molar-refractivity contribution in [3.63, 3.8) is 0 Å². The first kappa shape index (κ1) is 16.8. The van der Waals surface area contributed by atoms with Crippen molar-refractivity contribution >= 4 is 0 Å². The first-order chi connectivity index (χ1) is 12.4. The van der Waals surface area contributed by atoms with Gasteiger partial charge in [0.15, 0.2) is 5.69 Å². The summed E-state index contributed by atoms with van der Waals surface area (Å²) < 4.78 is 11.0. The summed E-state index contributed by atoms with van der Waals surface area (Å²) in [5, 5.41) is 8.28. The number of pyridine rings is 1. The number of H-pyrrole nitrogens is 1. The van der Waals surface area contributed by atoms with Gasteiger partial charge in [-0.25, -0.2) is 0 Å². The van der Waals surface area contributed by atoms with Crippen LogP contribution in [0.2, 0.25) is 0 Å². The molecule has 0 saturated carbocycles. The van der Waals surface area contributed by atoms with Crippen molar-refractivity contribution in [2.75, 3.05) is 0 Å². The lowest BCUT2D eigenvalue weighted by atomic mass is 9.77. The monoisotopic (exact) mass is 354 g/mol. The minimum absolute atomic E-state index is 0.0781. The molecule has 26 heavy (non-hydrogen) atoms. The quantitative estimate of drug-likeness (QED) is 0.773. The second kappa shape index (κ2) is 5.93. The third-order valence-corrected chi connectivity index (χ3v) is 5.13. The van der Waals surface area contributed by atoms with Gasteiger partial charge in [-0.2, -0.15) is 4.98 Å². The van der Waals surface area contributed by atoms with Crippen molar-refractivity contribution < 1.29 is 9.05 Å². The summed E-state index contributed by atoms with van der Waals surface area (Å²) in [5.41, 5.74) is 3.99. The maximum absolute atomic E-state index is 11.9. The molecule has 0 unspecified atom stereocenters. The Kier molecular flexibility index (Phi) is 3.82. The molecule has 1 N–H and O–H groups in total. The molecule has 0 saturated heterocycles. The molecule has 0 aliphatic heterocycles. The average Bonchev–Trinajstić information content (AvgIpc) is 3.20. The minimum atomic E-state index is -0.0781. The molecule has 4 rings (SSSR count). The Balaban J connectivity index is 1.73. The molecule has 0 bridgehead atoms. The zero-order valence-corrected chi connectivity index (χ0v) is 15.5. The zero-order valence-electron chi connectivity index (χ0n) is 15.5. The molecule has 0 atom stereocenters. The number of fused-ring (bicyclic) bond motifs is 1. The highest BCUT2D eigenvalue weighted by molar-refractivity contribution is 5.62. The fraction of sp³-hybridized carbons (Fsp3) is 0.474. The molecule has 1 aliphatic carbocycles. The number of nitrogens with zero attached hydrogens (tertiary/aromatic N) is 3. The Bertz CT molecular complexity index is 1030. The van der Waals surface area contributed by atoms with E-state index in [1.807, 2.05) is 19.9 Å². The minimum Gasteiger partial charge on any atom is -0.360 e. The lowest BCUT2D eigenvalue weighted by Crippen LogP contribution is -2.21. The third-order valence-electron chi connectivity index (χ3n) is 5.13. The van der Waals surface area contributed by atoms with Gasteiger partial charge in [-0.15, -0.1) is 0 Å². The molecule has 0 radical (unpaired) electrons. The van der Waals surface area contributed by atoms with Gasteiger partial charge >= 0.3 is 0 Å². The first-order valence-corrected chi connectivity index (χ1v) is 8.92. The van der Waals surface area contributed by atoms with E-state index in [-0.39, 0.29) is 11.0 Å². The Morgan fingerprint density at radius 2 is 2.08 bits per heavy atom. The standard InChI is InChI=1S/C19H22N4O3/c1-5-11-8-13(10(2)20-17(11)24)16-21-18(26-23-16)15-12-6-7-19(3,4)9-14(12)25-22-15/h8H,5-7,9H2,1-4H3,(H,20,24). The van der Waals surface area contributed by atoms with Gasteiger partial charge in [-0.1, -0.05) is 31.1 Å². The Hall–Kier alpha value is -2.70. The number of rotatable bonds is 3. The van der Waals surface area contributed by atoms with Crippen LogP contribution < -0.4 is 5.56 Å². The van der Waals surface area contributed by atoms with Crippen molar-refractivity contribution in [2.45, 2.75) is 53.4 Å². The summed E-state index contributed by atoms with van der Waals surface area (Å²) in [7, 11) is 0. The molecule has 3 heterocycles. The van der Waals surface area contributed by atoms with Crippen LogP contribution in [0.1, 0.15) is 49.8 Å². The molecule has 0 spiro atoms. The van der Waals surface area contributed by atoms with Gasteiger partial charge < -0.3 is 14.0 Å². The van der Waals surface area contributed by atoms with Crippen LogP contribution in [0.4, 0.5) is 0 Å². The predicted molar refractivity (Wildman–Crippen MR) is 95.8 cm³/mol. The number of aryl methyl sites for hydroxylation is 2. The molecular formula is C19H22N4O3. The lowest BCUT2D eigenvalue weighted by Gasteiger charge is -2.27. The van der Waals surface area contributed by atoms with E-state index in [1.54, 1.807) is 0 Å². The highest BCUT2D eigenvalue weighted by Gasteiger charge is 2.32. The molecule has 3 aromatic heterocycles. The van der Waals surface area contributed by atoms with Crippen LogP contribution in [-0.2, 0) is 19.3 Å². The number of aromatic nitrogens is 4. The summed E-state index contributed by atoms with van der Waals surface area (Å²) in [6.45, 7) is 8.22. The van der Waals surface area contributed by atoms with Gasteiger partial charge in [0.2, 0.25) is 5.82 Å². The molecule has 7 heteroatoms. The zero-order chi connectivity index (χ0) is 18.5. The van der Waals surface area contributed by atoms with Crippen LogP contribution in [0.15, 0.2) is 19.9 Å². The van der Waals surface area contributed by atoms with Crippen LogP contribution in [0.5, 0.6) is 0 Å². The van der Waals surface area contributed by atoms with E-state index >= 15 is 0 Å². The van der Waals surface area contributed by atoms with Gasteiger partial charge in [0.05, 0.1) is 0 Å². The highest BCUT2D eigenvalue weighted by Crippen LogP contribution is 2.38. The average molecular weight is 354 g/mol. The van der Waals surface area contributed by atoms with E-state index in [2.05, 4.69) is 34.1 Å². The van der Waals surface area contributed by atoms with E-state index in [0.29, 0.717) is 35.1 Å². The largest absolute Gasteiger partial charge is 0.360 e. The van der Waals surface area contributed by atoms with Crippen LogP contribution in [0, 0.1) is 12.3 Å². The number of hydrogen-bond acceptors (Lipinski definition) is 6. The fourth-order valence-electron chi connectivity index (χ4n) is 3.48. The lowest BCUT2D eigenvalue weighted by molar-refractivity contribution is 0.264. The van der Waals surface area contributed by atoms with Gasteiger partial charge in [0.25, 0.3) is 11.4 Å². The van der Waals surface area contributed by atoms with Crippen molar-refractivity contribution in [1.82, 2.24) is 20.3 Å². The van der Waals surface area contributed by atoms with Gasteiger partial charge in [-0.05, 0) is 37.7 Å². The Morgan fingerprint density at radius 3 is 2.85 bits per heavy atom. The topological polar surface area (TPSA) is 97.8 Å². The molecule has 0 fully saturated rings. The summed E-state index contributed by atoms with van der Waals surface area (Å²) in [6, 6.07) is 1.82. The van der Waals surface area contributed by atoms with E-state index in [1.165, 1.54) is 0 Å². The second-order valence-corrected chi connectivity index (χ2v) is 7.71. The fourth-order valence-corrected chi connectivity index (χ4v) is 3.48. The maximum atomic E-state index is 11.9. The first-order valence-electron chi connectivity index (χ1n) is 8.92. The number of aromatic amines is 1. The van der Waals surface area contributed by atoms with E-state index in [9.17, 15) is 4.79 Å². The van der Waals surface area contributed by atoms with Crippen LogP contribution in [0.25, 0.3) is 23.0 Å². The van der Waals surface area contributed by atoms with Crippen LogP contribution in [-0.4, -0.2) is 20.3 Å². The van der Waals surface area contributed by atoms with Gasteiger partial charge in [0, 0.05) is 28.8 Å². The second-order valence-electron chi connectivity index (χ2n) is 7.71. The van der Waals surface area contributed by atoms with E-state index in [4.69, 9.17) is 9.05 Å². The normalized spacial score (nSPS) is 15.8. The molecular weight excluding hydrogens is 332 g/mol. The highest BCUT2D eigenvalue weighted by atomic mass is 16.5. The van der Waals surface area contributed by atoms with Crippen molar-refractivity contribution in [1.29, 1.82) is 0 Å². The molecule has 0 amide bonds. The van der Waals surface area contributed by atoms with E-state index < -0.39 is 0 Å². The van der Waals surface area contributed by atoms with Crippen molar-refractivity contribution in [3.05, 3.63) is 39.0 Å². The SMILES string of the molecule is CCc1cc(-c2noc(-c3noc4c3CCC(C)(C)C4)n2)c(C)[nH]c1=O. The third kappa shape index (κ3) is 2.77. The predicted octanol–water partition coefficient (Wildman–Crippen LogP) is 3.47. The molecule has 3 aromatic rings. The number of nitrogens with one attached hydrogen (secondary N) is 1. The Labute approximate surface area is 150 Å². The molecule has 0 aromatic carbocycles. The van der Waals surface area contributed by atoms with Gasteiger partial charge in [0.1, 0.15) is 5.76 Å². The smallest absolute Gasteiger partial charge is 0.280 e. The van der Waals surface area contributed by atoms with E-state index in [0.717, 1.165) is 36.1 Å². The van der Waals surface area contributed by atoms with Crippen molar-refractivity contribution in [2.24, 2.45) is 5.41 Å². The summed E-state index contributed by atoms with van der Waals surface area (Å²) in [5.74, 6) is 1.70. The molecule has 136 valence electrons. The van der Waals surface area contributed by atoms with Crippen LogP contribution >= 0.6 is 0 Å². The summed E-state index contributed by atoms with van der Waals surface area (Å²) >= 11 is 0. The Morgan fingerprint density at radius 1 is 1.27 bits per heavy atom. The van der Waals surface area contributed by atoms with Gasteiger partial charge in [-0.3, -0.25) is 4.79 Å². The summed E-state index contributed by atoms with van der Waals surface area (Å²) in [6.07, 6.45) is 3.44. The maximum Gasteiger partial charge on any atom is 0.280 e. The molecule has 1 aliphatic rings. The summed E-state index contributed by atoms with van der Waals surface area (Å²) in [4.78, 5) is 19.3.